The molecule has 1 aliphatic rings. The van der Waals surface area contributed by atoms with Crippen molar-refractivity contribution in [2.75, 3.05) is 32.7 Å². The first-order valence-corrected chi connectivity index (χ1v) is 6.77. The number of carbonyl (C=O) groups is 2. The number of amides is 1. The Morgan fingerprint density at radius 2 is 1.75 bits per heavy atom. The minimum Gasteiger partial charge on any atom is -0.481 e. The number of piperazine rings is 1. The predicted molar refractivity (Wildman–Crippen MR) is 72.5 cm³/mol. The largest absolute Gasteiger partial charge is 0.481 e. The second kappa shape index (κ2) is 6.90. The minimum atomic E-state index is -1.01. The molecule has 1 atom stereocenters. The van der Waals surface area contributed by atoms with Gasteiger partial charge >= 0.3 is 12.1 Å². The number of aliphatic hydroxyl groups is 1. The quantitative estimate of drug-likeness (QED) is 0.777. The molecule has 2 N–H and O–H groups in total. The Bertz CT molecular complexity index is 345. The van der Waals surface area contributed by atoms with Crippen molar-refractivity contribution in [3.8, 4) is 0 Å². The van der Waals surface area contributed by atoms with Crippen molar-refractivity contribution >= 4 is 12.1 Å². The van der Waals surface area contributed by atoms with Crippen molar-refractivity contribution in [1.29, 1.82) is 0 Å². The standard InChI is InChI=1S/C13H24N2O5/c1-13(2,3)20-12(19)15-6-4-14(5-7-15)9-10(16)8-11(17)18/h10,16H,4-9H2,1-3H3,(H,17,18). The van der Waals surface area contributed by atoms with Gasteiger partial charge in [0.25, 0.3) is 0 Å². The fraction of sp³-hybridized carbons (Fsp3) is 0.846. The van der Waals surface area contributed by atoms with E-state index in [0.29, 0.717) is 32.7 Å². The predicted octanol–water partition coefficient (Wildman–Crippen LogP) is 0.375. The van der Waals surface area contributed by atoms with Crippen LogP contribution in [0.1, 0.15) is 27.2 Å². The van der Waals surface area contributed by atoms with Crippen LogP contribution in [0.5, 0.6) is 0 Å². The van der Waals surface area contributed by atoms with E-state index in [2.05, 4.69) is 0 Å². The van der Waals surface area contributed by atoms with Crippen molar-refractivity contribution in [2.45, 2.75) is 38.9 Å². The number of aliphatic carboxylic acids is 1. The lowest BCUT2D eigenvalue weighted by Gasteiger charge is -2.36. The van der Waals surface area contributed by atoms with Gasteiger partial charge in [0.15, 0.2) is 0 Å². The van der Waals surface area contributed by atoms with Crippen LogP contribution in [0.4, 0.5) is 4.79 Å². The first-order valence-electron chi connectivity index (χ1n) is 6.77. The zero-order chi connectivity index (χ0) is 15.3. The summed E-state index contributed by atoms with van der Waals surface area (Å²) < 4.78 is 5.29. The molecule has 1 aliphatic heterocycles. The van der Waals surface area contributed by atoms with E-state index in [-0.39, 0.29) is 12.5 Å². The van der Waals surface area contributed by atoms with Crippen LogP contribution in [-0.4, -0.2) is 76.5 Å². The first-order chi connectivity index (χ1) is 9.17. The molecule has 1 saturated heterocycles. The highest BCUT2D eigenvalue weighted by Gasteiger charge is 2.26. The summed E-state index contributed by atoms with van der Waals surface area (Å²) in [4.78, 5) is 25.9. The number of rotatable bonds is 4. The molecule has 0 aromatic heterocycles. The van der Waals surface area contributed by atoms with Gasteiger partial charge < -0.3 is 19.8 Å². The summed E-state index contributed by atoms with van der Waals surface area (Å²) in [7, 11) is 0. The molecule has 1 unspecified atom stereocenters. The van der Waals surface area contributed by atoms with Crippen LogP contribution < -0.4 is 0 Å². The summed E-state index contributed by atoms with van der Waals surface area (Å²) >= 11 is 0. The fourth-order valence-corrected chi connectivity index (χ4v) is 2.00. The maximum absolute atomic E-state index is 11.8. The Labute approximate surface area is 119 Å². The molecule has 20 heavy (non-hydrogen) atoms. The third-order valence-electron chi connectivity index (χ3n) is 2.90. The summed E-state index contributed by atoms with van der Waals surface area (Å²) in [5.74, 6) is -1.01. The van der Waals surface area contributed by atoms with E-state index in [9.17, 15) is 14.7 Å². The summed E-state index contributed by atoms with van der Waals surface area (Å²) in [5.41, 5.74) is -0.508. The van der Waals surface area contributed by atoms with Crippen LogP contribution >= 0.6 is 0 Å². The van der Waals surface area contributed by atoms with Gasteiger partial charge in [0, 0.05) is 32.7 Å². The number of ether oxygens (including phenoxy) is 1. The molecule has 0 radical (unpaired) electrons. The van der Waals surface area contributed by atoms with Crippen LogP contribution in [-0.2, 0) is 9.53 Å². The monoisotopic (exact) mass is 288 g/mol. The van der Waals surface area contributed by atoms with Crippen molar-refractivity contribution < 1.29 is 24.5 Å². The number of carbonyl (C=O) groups excluding carboxylic acids is 1. The normalized spacial score (nSPS) is 18.7. The third kappa shape index (κ3) is 6.21. The average Bonchev–Trinajstić information content (AvgIpc) is 2.26. The molecule has 0 saturated carbocycles. The van der Waals surface area contributed by atoms with Gasteiger partial charge in [0.05, 0.1) is 12.5 Å². The number of nitrogens with zero attached hydrogens (tertiary/aromatic N) is 2. The van der Waals surface area contributed by atoms with E-state index in [1.54, 1.807) is 4.90 Å². The van der Waals surface area contributed by atoms with E-state index >= 15 is 0 Å². The van der Waals surface area contributed by atoms with Gasteiger partial charge in [-0.2, -0.15) is 0 Å². The molecule has 116 valence electrons. The van der Waals surface area contributed by atoms with Gasteiger partial charge in [0.1, 0.15) is 5.60 Å². The number of hydrogen-bond acceptors (Lipinski definition) is 5. The molecule has 1 rings (SSSR count). The number of aliphatic hydroxyl groups excluding tert-OH is 1. The Balaban J connectivity index is 2.33. The lowest BCUT2D eigenvalue weighted by atomic mass is 10.2. The Hall–Kier alpha value is -1.34. The van der Waals surface area contributed by atoms with Gasteiger partial charge in [-0.05, 0) is 20.8 Å². The number of carboxylic acids is 1. The highest BCUT2D eigenvalue weighted by atomic mass is 16.6. The van der Waals surface area contributed by atoms with Gasteiger partial charge in [-0.25, -0.2) is 4.79 Å². The SMILES string of the molecule is CC(C)(C)OC(=O)N1CCN(CC(O)CC(=O)O)CC1. The molecule has 0 aromatic rings. The molecule has 7 nitrogen and oxygen atoms in total. The molecular weight excluding hydrogens is 264 g/mol. The summed E-state index contributed by atoms with van der Waals surface area (Å²) in [6, 6.07) is 0. The van der Waals surface area contributed by atoms with Gasteiger partial charge in [-0.15, -0.1) is 0 Å². The summed E-state index contributed by atoms with van der Waals surface area (Å²) in [5, 5.41) is 18.2. The molecule has 0 aliphatic carbocycles. The maximum Gasteiger partial charge on any atom is 0.410 e. The van der Waals surface area contributed by atoms with Gasteiger partial charge in [-0.1, -0.05) is 0 Å². The molecule has 7 heteroatoms. The minimum absolute atomic E-state index is 0.258. The lowest BCUT2D eigenvalue weighted by Crippen LogP contribution is -2.51. The topological polar surface area (TPSA) is 90.3 Å². The lowest BCUT2D eigenvalue weighted by molar-refractivity contribution is -0.139. The summed E-state index contributed by atoms with van der Waals surface area (Å²) in [6.45, 7) is 8.04. The smallest absolute Gasteiger partial charge is 0.410 e. The molecule has 0 aromatic carbocycles. The van der Waals surface area contributed by atoms with E-state index in [0.717, 1.165) is 0 Å². The molecular formula is C13H24N2O5. The van der Waals surface area contributed by atoms with Crippen LogP contribution in [0.3, 0.4) is 0 Å². The fourth-order valence-electron chi connectivity index (χ4n) is 2.00. The van der Waals surface area contributed by atoms with Crippen LogP contribution in [0.15, 0.2) is 0 Å². The molecule has 0 spiro atoms. The number of carboxylic acid groups (broad SMARTS) is 1. The van der Waals surface area contributed by atoms with Crippen molar-refractivity contribution in [1.82, 2.24) is 9.80 Å². The highest BCUT2D eigenvalue weighted by Crippen LogP contribution is 2.12. The Morgan fingerprint density at radius 3 is 2.20 bits per heavy atom. The van der Waals surface area contributed by atoms with Crippen LogP contribution in [0, 0.1) is 0 Å². The van der Waals surface area contributed by atoms with Crippen LogP contribution in [0.2, 0.25) is 0 Å². The van der Waals surface area contributed by atoms with E-state index in [4.69, 9.17) is 9.84 Å². The van der Waals surface area contributed by atoms with Crippen molar-refractivity contribution in [2.24, 2.45) is 0 Å². The zero-order valence-electron chi connectivity index (χ0n) is 12.3. The first kappa shape index (κ1) is 16.7. The van der Waals surface area contributed by atoms with Gasteiger partial charge in [-0.3, -0.25) is 9.69 Å². The van der Waals surface area contributed by atoms with E-state index in [1.165, 1.54) is 0 Å². The maximum atomic E-state index is 11.8. The average molecular weight is 288 g/mol. The number of β-amino-alcohol motifs (C(OH)–C–C–N with tert-alkyl or cyclic N) is 1. The van der Waals surface area contributed by atoms with Gasteiger partial charge in [0.2, 0.25) is 0 Å². The van der Waals surface area contributed by atoms with Crippen molar-refractivity contribution in [3.05, 3.63) is 0 Å². The molecule has 0 bridgehead atoms. The molecule has 1 amide bonds. The Morgan fingerprint density at radius 1 is 1.20 bits per heavy atom. The second-order valence-corrected chi connectivity index (χ2v) is 6.02. The summed E-state index contributed by atoms with van der Waals surface area (Å²) in [6.07, 6.45) is -1.46. The van der Waals surface area contributed by atoms with Crippen molar-refractivity contribution in [3.63, 3.8) is 0 Å². The molecule has 1 fully saturated rings. The zero-order valence-corrected chi connectivity index (χ0v) is 12.3. The van der Waals surface area contributed by atoms with E-state index in [1.807, 2.05) is 25.7 Å². The Kier molecular flexibility index (Phi) is 5.76. The highest BCUT2D eigenvalue weighted by molar-refractivity contribution is 5.68. The van der Waals surface area contributed by atoms with E-state index < -0.39 is 17.7 Å². The second-order valence-electron chi connectivity index (χ2n) is 6.02. The third-order valence-corrected chi connectivity index (χ3v) is 2.90. The van der Waals surface area contributed by atoms with Crippen LogP contribution in [0.25, 0.3) is 0 Å². The number of hydrogen-bond donors (Lipinski definition) is 2. The molecule has 1 heterocycles.